The van der Waals surface area contributed by atoms with Gasteiger partial charge in [-0.1, -0.05) is 57.3 Å². The summed E-state index contributed by atoms with van der Waals surface area (Å²) in [5.41, 5.74) is 7.43. The fourth-order valence-electron chi connectivity index (χ4n) is 3.27. The zero-order chi connectivity index (χ0) is 27.9. The molecule has 0 aliphatic heterocycles. The summed E-state index contributed by atoms with van der Waals surface area (Å²) in [5.74, 6) is 2.68. The lowest BCUT2D eigenvalue weighted by Gasteiger charge is -2.17. The Morgan fingerprint density at radius 2 is 1.27 bits per heavy atom. The van der Waals surface area contributed by atoms with Crippen molar-refractivity contribution in [2.75, 3.05) is 25.3 Å². The van der Waals surface area contributed by atoms with Gasteiger partial charge in [0.15, 0.2) is 6.35 Å². The molecule has 0 spiro atoms. The third kappa shape index (κ3) is 12.8. The van der Waals surface area contributed by atoms with Crippen molar-refractivity contribution in [3.8, 4) is 28.7 Å². The predicted molar refractivity (Wildman–Crippen MR) is 166 cm³/mol. The van der Waals surface area contributed by atoms with Crippen LogP contribution in [-0.4, -0.2) is 24.7 Å². The van der Waals surface area contributed by atoms with Crippen molar-refractivity contribution >= 4 is 13.3 Å². The lowest BCUT2D eigenvalue weighted by atomic mass is 10.2. The second-order valence-electron chi connectivity index (χ2n) is 8.14. The van der Waals surface area contributed by atoms with Gasteiger partial charge >= 0.3 is 7.60 Å². The molecule has 9 heteroatoms. The van der Waals surface area contributed by atoms with E-state index in [1.807, 2.05) is 36.4 Å². The van der Waals surface area contributed by atoms with Gasteiger partial charge in [0.05, 0.1) is 13.2 Å². The quantitative estimate of drug-likeness (QED) is 0.126. The van der Waals surface area contributed by atoms with E-state index in [1.54, 1.807) is 80.6 Å². The molecule has 0 saturated heterocycles. The van der Waals surface area contributed by atoms with Crippen molar-refractivity contribution < 1.29 is 32.9 Å². The summed E-state index contributed by atoms with van der Waals surface area (Å²) in [6, 6.07) is 30.8. The molecule has 0 saturated carbocycles. The lowest BCUT2D eigenvalue weighted by molar-refractivity contribution is 0.196. The SMILES string of the molecule is C.C.CCOP(=O)(COc1cccc(Oc2ccc(N)cc2)c1)OCC.Oc1cccc(OCc2ccccc2)c1. The van der Waals surface area contributed by atoms with Crippen LogP contribution in [0.4, 0.5) is 5.69 Å². The van der Waals surface area contributed by atoms with Gasteiger partial charge in [-0.3, -0.25) is 4.57 Å². The van der Waals surface area contributed by atoms with E-state index in [4.69, 9.17) is 29.0 Å². The van der Waals surface area contributed by atoms with E-state index in [9.17, 15) is 9.67 Å². The van der Waals surface area contributed by atoms with Crippen LogP contribution < -0.4 is 19.9 Å². The second kappa shape index (κ2) is 18.4. The van der Waals surface area contributed by atoms with Crippen LogP contribution in [0, 0.1) is 0 Å². The van der Waals surface area contributed by atoms with E-state index in [-0.39, 0.29) is 27.0 Å². The summed E-state index contributed by atoms with van der Waals surface area (Å²) >= 11 is 0. The monoisotopic (exact) mass is 583 g/mol. The minimum atomic E-state index is -3.25. The molecule has 0 atom stereocenters. The Hall–Kier alpha value is -3.97. The summed E-state index contributed by atoms with van der Waals surface area (Å²) < 4.78 is 39.6. The number of ether oxygens (including phenoxy) is 3. The zero-order valence-electron chi connectivity index (χ0n) is 22.1. The van der Waals surface area contributed by atoms with Crippen LogP contribution in [0.5, 0.6) is 28.7 Å². The molecular formula is C32H42NO7P. The number of rotatable bonds is 12. The lowest BCUT2D eigenvalue weighted by Crippen LogP contribution is -2.05. The highest BCUT2D eigenvalue weighted by atomic mass is 31.2. The summed E-state index contributed by atoms with van der Waals surface area (Å²) in [5, 5.41) is 9.23. The van der Waals surface area contributed by atoms with Crippen molar-refractivity contribution in [3.05, 3.63) is 109 Å². The first-order chi connectivity index (χ1) is 18.9. The number of phenolic OH excluding ortho intramolecular Hbond substituents is 1. The summed E-state index contributed by atoms with van der Waals surface area (Å²) in [7, 11) is -3.25. The normalized spacial score (nSPS) is 10.2. The van der Waals surface area contributed by atoms with Crippen LogP contribution in [0.1, 0.15) is 34.3 Å². The minimum Gasteiger partial charge on any atom is -0.508 e. The first-order valence-corrected chi connectivity index (χ1v) is 14.2. The van der Waals surface area contributed by atoms with Crippen molar-refractivity contribution in [2.24, 2.45) is 0 Å². The van der Waals surface area contributed by atoms with E-state index in [1.165, 1.54) is 0 Å². The van der Waals surface area contributed by atoms with Gasteiger partial charge in [-0.05, 0) is 67.9 Å². The average Bonchev–Trinajstić information content (AvgIpc) is 2.94. The first kappa shape index (κ1) is 35.1. The first-order valence-electron chi connectivity index (χ1n) is 12.5. The molecule has 8 nitrogen and oxygen atoms in total. The molecule has 41 heavy (non-hydrogen) atoms. The van der Waals surface area contributed by atoms with Crippen LogP contribution in [0.2, 0.25) is 0 Å². The van der Waals surface area contributed by atoms with E-state index in [0.29, 0.717) is 48.5 Å². The molecule has 0 bridgehead atoms. The van der Waals surface area contributed by atoms with Crippen LogP contribution in [0.15, 0.2) is 103 Å². The van der Waals surface area contributed by atoms with Gasteiger partial charge in [-0.15, -0.1) is 0 Å². The molecule has 3 N–H and O–H groups in total. The Kier molecular flexibility index (Phi) is 15.7. The molecule has 0 aromatic heterocycles. The number of hydrogen-bond donors (Lipinski definition) is 2. The Morgan fingerprint density at radius 3 is 1.88 bits per heavy atom. The maximum Gasteiger partial charge on any atom is 0.367 e. The topological polar surface area (TPSA) is 109 Å². The van der Waals surface area contributed by atoms with Gasteiger partial charge in [-0.25, -0.2) is 0 Å². The molecule has 4 aromatic carbocycles. The number of anilines is 1. The molecular weight excluding hydrogens is 541 g/mol. The number of nitrogen functional groups attached to an aromatic ring is 1. The average molecular weight is 584 g/mol. The number of aromatic hydroxyl groups is 1. The number of phenols is 1. The van der Waals surface area contributed by atoms with Crippen molar-refractivity contribution in [2.45, 2.75) is 35.3 Å². The van der Waals surface area contributed by atoms with E-state index >= 15 is 0 Å². The van der Waals surface area contributed by atoms with Gasteiger partial charge < -0.3 is 34.1 Å². The number of nitrogens with two attached hydrogens (primary N) is 1. The molecule has 0 fully saturated rings. The van der Waals surface area contributed by atoms with E-state index in [0.717, 1.165) is 5.56 Å². The molecule has 0 unspecified atom stereocenters. The van der Waals surface area contributed by atoms with Gasteiger partial charge in [-0.2, -0.15) is 0 Å². The second-order valence-corrected chi connectivity index (χ2v) is 10.1. The van der Waals surface area contributed by atoms with Crippen LogP contribution in [0.25, 0.3) is 0 Å². The van der Waals surface area contributed by atoms with E-state index in [2.05, 4.69) is 0 Å². The fraction of sp³-hybridized carbons (Fsp3) is 0.250. The summed E-state index contributed by atoms with van der Waals surface area (Å²) in [6.07, 6.45) is -0.153. The molecule has 0 amide bonds. The largest absolute Gasteiger partial charge is 0.508 e. The van der Waals surface area contributed by atoms with Crippen molar-refractivity contribution in [1.82, 2.24) is 0 Å². The third-order valence-electron chi connectivity index (χ3n) is 5.03. The molecule has 0 radical (unpaired) electrons. The number of hydrogen-bond acceptors (Lipinski definition) is 8. The van der Waals surface area contributed by atoms with E-state index < -0.39 is 7.60 Å². The van der Waals surface area contributed by atoms with Gasteiger partial charge in [0.2, 0.25) is 0 Å². The fourth-order valence-corrected chi connectivity index (χ4v) is 4.59. The van der Waals surface area contributed by atoms with Crippen LogP contribution in [0.3, 0.4) is 0 Å². The van der Waals surface area contributed by atoms with Crippen molar-refractivity contribution in [1.29, 1.82) is 0 Å². The Bertz CT molecular complexity index is 1310. The number of benzene rings is 4. The minimum absolute atomic E-state index is 0. The molecule has 0 heterocycles. The molecule has 4 rings (SSSR count). The van der Waals surface area contributed by atoms with Crippen LogP contribution >= 0.6 is 7.60 Å². The maximum atomic E-state index is 12.4. The zero-order valence-corrected chi connectivity index (χ0v) is 23.0. The molecule has 4 aromatic rings. The Labute approximate surface area is 244 Å². The van der Waals surface area contributed by atoms with Gasteiger partial charge in [0.25, 0.3) is 0 Å². The summed E-state index contributed by atoms with van der Waals surface area (Å²) in [6.45, 7) is 4.62. The highest BCUT2D eigenvalue weighted by molar-refractivity contribution is 7.53. The molecule has 222 valence electrons. The molecule has 0 aliphatic rings. The van der Waals surface area contributed by atoms with Crippen LogP contribution in [-0.2, 0) is 20.2 Å². The predicted octanol–water partition coefficient (Wildman–Crippen LogP) is 8.91. The highest BCUT2D eigenvalue weighted by Crippen LogP contribution is 2.48. The highest BCUT2D eigenvalue weighted by Gasteiger charge is 2.24. The Morgan fingerprint density at radius 1 is 0.683 bits per heavy atom. The maximum absolute atomic E-state index is 12.4. The van der Waals surface area contributed by atoms with Gasteiger partial charge in [0.1, 0.15) is 35.4 Å². The molecule has 0 aliphatic carbocycles. The standard InChI is InChI=1S/C17H22NO5P.C13H12O2.2CH4/c1-3-21-24(19,22-4-2)13-20-16-6-5-7-17(12-16)23-15-10-8-14(18)9-11-15;14-12-7-4-8-13(9-12)15-10-11-5-2-1-3-6-11;;/h5-12H,3-4,13,18H2,1-2H3;1-9,14H,10H2;2*1H4. The van der Waals surface area contributed by atoms with Gasteiger partial charge in [0, 0.05) is 17.8 Å². The Balaban J connectivity index is 0.000000428. The summed E-state index contributed by atoms with van der Waals surface area (Å²) in [4.78, 5) is 0. The smallest absolute Gasteiger partial charge is 0.367 e. The van der Waals surface area contributed by atoms with Crippen molar-refractivity contribution in [3.63, 3.8) is 0 Å². The third-order valence-corrected chi connectivity index (χ3v) is 6.78.